The fourth-order valence-electron chi connectivity index (χ4n) is 2.99. The molecule has 0 saturated carbocycles. The number of likely N-dealkylation sites (tertiary alicyclic amines) is 2. The van der Waals surface area contributed by atoms with Crippen LogP contribution >= 0.6 is 0 Å². The minimum Gasteiger partial charge on any atom is -0.465 e. The summed E-state index contributed by atoms with van der Waals surface area (Å²) in [5.74, 6) is 0.170. The van der Waals surface area contributed by atoms with Gasteiger partial charge in [-0.2, -0.15) is 0 Å². The van der Waals surface area contributed by atoms with Crippen molar-refractivity contribution in [3.05, 3.63) is 0 Å². The van der Waals surface area contributed by atoms with Gasteiger partial charge in [0.25, 0.3) is 0 Å². The summed E-state index contributed by atoms with van der Waals surface area (Å²) in [7, 11) is 0. The largest absolute Gasteiger partial charge is 0.465 e. The predicted octanol–water partition coefficient (Wildman–Crippen LogP) is 0.884. The molecule has 2 rings (SSSR count). The summed E-state index contributed by atoms with van der Waals surface area (Å²) in [6.45, 7) is 5.96. The van der Waals surface area contributed by atoms with E-state index in [1.54, 1.807) is 0 Å². The Morgan fingerprint density at radius 2 is 1.89 bits per heavy atom. The van der Waals surface area contributed by atoms with Crippen molar-refractivity contribution in [2.75, 3.05) is 39.3 Å². The Morgan fingerprint density at radius 1 is 1.16 bits per heavy atom. The first-order valence-corrected chi connectivity index (χ1v) is 7.37. The van der Waals surface area contributed by atoms with E-state index in [9.17, 15) is 9.59 Å². The third-order valence-electron chi connectivity index (χ3n) is 3.93. The maximum absolute atomic E-state index is 12.3. The Bertz CT molecular complexity index is 327. The van der Waals surface area contributed by atoms with Crippen molar-refractivity contribution in [2.24, 2.45) is 5.92 Å². The van der Waals surface area contributed by atoms with Crippen LogP contribution in [0.25, 0.3) is 0 Å². The molecule has 2 aliphatic heterocycles. The van der Waals surface area contributed by atoms with Gasteiger partial charge in [-0.15, -0.1) is 0 Å². The van der Waals surface area contributed by atoms with Crippen LogP contribution in [0.3, 0.4) is 0 Å². The van der Waals surface area contributed by atoms with Gasteiger partial charge in [-0.05, 0) is 39.2 Å². The van der Waals surface area contributed by atoms with Crippen LogP contribution in [0.5, 0.6) is 0 Å². The van der Waals surface area contributed by atoms with Crippen molar-refractivity contribution in [3.63, 3.8) is 0 Å². The summed E-state index contributed by atoms with van der Waals surface area (Å²) >= 11 is 0. The highest BCUT2D eigenvalue weighted by molar-refractivity contribution is 5.79. The monoisotopic (exact) mass is 268 g/mol. The lowest BCUT2D eigenvalue weighted by molar-refractivity contribution is -0.146. The fraction of sp³-hybridized carbons (Fsp3) is 0.857. The molecule has 0 aromatic carbocycles. The topological polar surface area (TPSA) is 49.9 Å². The number of carbonyl (C=O) groups excluding carboxylic acids is 2. The van der Waals surface area contributed by atoms with E-state index in [0.29, 0.717) is 19.7 Å². The van der Waals surface area contributed by atoms with Gasteiger partial charge >= 0.3 is 5.97 Å². The molecule has 2 fully saturated rings. The van der Waals surface area contributed by atoms with Crippen LogP contribution in [0.15, 0.2) is 0 Å². The molecule has 2 heterocycles. The highest BCUT2D eigenvalue weighted by atomic mass is 16.5. The van der Waals surface area contributed by atoms with E-state index in [2.05, 4.69) is 4.90 Å². The van der Waals surface area contributed by atoms with Crippen molar-refractivity contribution < 1.29 is 14.3 Å². The Labute approximate surface area is 114 Å². The maximum atomic E-state index is 12.3. The predicted molar refractivity (Wildman–Crippen MR) is 71.6 cm³/mol. The number of hydrogen-bond acceptors (Lipinski definition) is 4. The number of carbonyl (C=O) groups is 2. The molecule has 0 radical (unpaired) electrons. The number of rotatable bonds is 4. The molecule has 1 unspecified atom stereocenters. The van der Waals surface area contributed by atoms with Crippen molar-refractivity contribution in [2.45, 2.75) is 32.6 Å². The van der Waals surface area contributed by atoms with E-state index in [1.165, 1.54) is 0 Å². The number of ether oxygens (including phenoxy) is 1. The van der Waals surface area contributed by atoms with E-state index < -0.39 is 0 Å². The summed E-state index contributed by atoms with van der Waals surface area (Å²) in [5, 5.41) is 0. The Kier molecular flexibility index (Phi) is 5.19. The third-order valence-corrected chi connectivity index (χ3v) is 3.93. The van der Waals surface area contributed by atoms with Gasteiger partial charge < -0.3 is 9.64 Å². The minimum atomic E-state index is -0.184. The van der Waals surface area contributed by atoms with Crippen LogP contribution in [0, 0.1) is 5.92 Å². The second-order valence-electron chi connectivity index (χ2n) is 5.41. The van der Waals surface area contributed by atoms with E-state index in [0.717, 1.165) is 45.3 Å². The Hall–Kier alpha value is -1.10. The minimum absolute atomic E-state index is 0.0706. The molecule has 19 heavy (non-hydrogen) atoms. The molecule has 2 aliphatic rings. The molecule has 0 aromatic heterocycles. The van der Waals surface area contributed by atoms with Crippen LogP contribution < -0.4 is 0 Å². The van der Waals surface area contributed by atoms with E-state index in [4.69, 9.17) is 4.74 Å². The standard InChI is InChI=1S/C14H24N2O3/c1-2-19-13(17)11-15-7-5-6-12(10-15)14(18)16-8-3-4-9-16/h12H,2-11H2,1H3. The van der Waals surface area contributed by atoms with Crippen molar-refractivity contribution in [1.29, 1.82) is 0 Å². The molecule has 5 heteroatoms. The van der Waals surface area contributed by atoms with Gasteiger partial charge in [-0.25, -0.2) is 0 Å². The van der Waals surface area contributed by atoms with Gasteiger partial charge in [0.15, 0.2) is 0 Å². The van der Waals surface area contributed by atoms with Gasteiger partial charge in [0, 0.05) is 19.6 Å². The number of amides is 1. The summed E-state index contributed by atoms with van der Waals surface area (Å²) < 4.78 is 4.96. The van der Waals surface area contributed by atoms with Crippen LogP contribution in [-0.2, 0) is 14.3 Å². The van der Waals surface area contributed by atoms with Gasteiger partial charge in [-0.3, -0.25) is 14.5 Å². The van der Waals surface area contributed by atoms with Crippen LogP contribution in [0.2, 0.25) is 0 Å². The highest BCUT2D eigenvalue weighted by Gasteiger charge is 2.31. The zero-order valence-corrected chi connectivity index (χ0v) is 11.8. The lowest BCUT2D eigenvalue weighted by Crippen LogP contribution is -2.45. The smallest absolute Gasteiger partial charge is 0.320 e. The molecule has 0 aliphatic carbocycles. The molecule has 5 nitrogen and oxygen atoms in total. The first-order valence-electron chi connectivity index (χ1n) is 7.37. The van der Waals surface area contributed by atoms with Crippen LogP contribution in [-0.4, -0.2) is 61.0 Å². The molecular formula is C14H24N2O3. The van der Waals surface area contributed by atoms with Crippen LogP contribution in [0.4, 0.5) is 0 Å². The molecule has 2 saturated heterocycles. The zero-order chi connectivity index (χ0) is 13.7. The molecular weight excluding hydrogens is 244 g/mol. The molecule has 0 N–H and O–H groups in total. The number of nitrogens with zero attached hydrogens (tertiary/aromatic N) is 2. The molecule has 1 atom stereocenters. The second kappa shape index (κ2) is 6.89. The number of esters is 1. The molecule has 0 bridgehead atoms. The summed E-state index contributed by atoms with van der Waals surface area (Å²) in [6.07, 6.45) is 4.20. The van der Waals surface area contributed by atoms with E-state index in [-0.39, 0.29) is 17.8 Å². The number of hydrogen-bond donors (Lipinski definition) is 0. The summed E-state index contributed by atoms with van der Waals surface area (Å²) in [6, 6.07) is 0. The van der Waals surface area contributed by atoms with Gasteiger partial charge in [-0.1, -0.05) is 0 Å². The summed E-state index contributed by atoms with van der Waals surface area (Å²) in [5.41, 5.74) is 0. The van der Waals surface area contributed by atoms with Crippen molar-refractivity contribution >= 4 is 11.9 Å². The van der Waals surface area contributed by atoms with Crippen LogP contribution in [0.1, 0.15) is 32.6 Å². The normalized spacial score (nSPS) is 24.5. The van der Waals surface area contributed by atoms with Crippen molar-refractivity contribution in [3.8, 4) is 0 Å². The quantitative estimate of drug-likeness (QED) is 0.710. The Balaban J connectivity index is 1.82. The SMILES string of the molecule is CCOC(=O)CN1CCCC(C(=O)N2CCCC2)C1. The number of piperidine rings is 1. The van der Waals surface area contributed by atoms with Crippen molar-refractivity contribution in [1.82, 2.24) is 9.80 Å². The van der Waals surface area contributed by atoms with Gasteiger partial charge in [0.2, 0.25) is 5.91 Å². The fourth-order valence-corrected chi connectivity index (χ4v) is 2.99. The second-order valence-corrected chi connectivity index (χ2v) is 5.41. The van der Waals surface area contributed by atoms with E-state index in [1.807, 2.05) is 11.8 Å². The maximum Gasteiger partial charge on any atom is 0.320 e. The highest BCUT2D eigenvalue weighted by Crippen LogP contribution is 2.21. The van der Waals surface area contributed by atoms with E-state index >= 15 is 0 Å². The molecule has 1 amide bonds. The Morgan fingerprint density at radius 3 is 2.58 bits per heavy atom. The average Bonchev–Trinajstić information content (AvgIpc) is 2.92. The van der Waals surface area contributed by atoms with Gasteiger partial charge in [0.1, 0.15) is 0 Å². The summed E-state index contributed by atoms with van der Waals surface area (Å²) in [4.78, 5) is 27.9. The first kappa shape index (κ1) is 14.3. The lowest BCUT2D eigenvalue weighted by atomic mass is 9.96. The first-order chi connectivity index (χ1) is 9.20. The molecule has 0 aromatic rings. The van der Waals surface area contributed by atoms with Gasteiger partial charge in [0.05, 0.1) is 19.1 Å². The zero-order valence-electron chi connectivity index (χ0n) is 11.8. The molecule has 0 spiro atoms. The third kappa shape index (κ3) is 3.93. The average molecular weight is 268 g/mol. The molecule has 108 valence electrons. The lowest BCUT2D eigenvalue weighted by Gasteiger charge is -2.33.